The van der Waals surface area contributed by atoms with Gasteiger partial charge in [-0.2, -0.15) is 5.26 Å². The lowest BCUT2D eigenvalue weighted by Crippen LogP contribution is -2.17. The maximum absolute atomic E-state index is 12.8. The molecule has 1 aromatic heterocycles. The maximum atomic E-state index is 12.8. The molecule has 0 fully saturated rings. The van der Waals surface area contributed by atoms with Gasteiger partial charge in [-0.25, -0.2) is 4.79 Å². The maximum Gasteiger partial charge on any atom is 0.573 e. The van der Waals surface area contributed by atoms with Gasteiger partial charge >= 0.3 is 12.3 Å². The predicted molar refractivity (Wildman–Crippen MR) is 98.4 cm³/mol. The lowest BCUT2D eigenvalue weighted by molar-refractivity contribution is -0.274. The number of esters is 1. The number of hydrogen-bond acceptors (Lipinski definition) is 5. The van der Waals surface area contributed by atoms with E-state index in [1.54, 1.807) is 30.3 Å². The van der Waals surface area contributed by atoms with Gasteiger partial charge in [-0.15, -0.1) is 13.2 Å². The molecule has 0 aliphatic carbocycles. The molecule has 1 heterocycles. The third-order valence-corrected chi connectivity index (χ3v) is 4.11. The van der Waals surface area contributed by atoms with Crippen molar-refractivity contribution in [3.63, 3.8) is 0 Å². The topological polar surface area (TPSA) is 90.3 Å². The molecule has 0 saturated heterocycles. The van der Waals surface area contributed by atoms with Gasteiger partial charge in [-0.05, 0) is 12.1 Å². The van der Waals surface area contributed by atoms with Crippen molar-refractivity contribution in [2.24, 2.45) is 0 Å². The smallest absolute Gasteiger partial charge is 0.464 e. The van der Waals surface area contributed by atoms with Gasteiger partial charge in [0.05, 0.1) is 24.0 Å². The molecule has 3 aromatic rings. The molecular weight excluding hydrogens is 387 g/mol. The largest absolute Gasteiger partial charge is 0.573 e. The normalized spacial score (nSPS) is 11.0. The van der Waals surface area contributed by atoms with Crippen molar-refractivity contribution in [3.05, 3.63) is 66.0 Å². The molecule has 0 amide bonds. The first-order chi connectivity index (χ1) is 13.8. The van der Waals surface area contributed by atoms with Crippen LogP contribution in [0.2, 0.25) is 0 Å². The minimum absolute atomic E-state index is 0.0278. The Labute approximate surface area is 163 Å². The Morgan fingerprint density at radius 2 is 1.72 bits per heavy atom. The average Bonchev–Trinajstić information content (AvgIpc) is 3.03. The molecule has 9 heteroatoms. The summed E-state index contributed by atoms with van der Waals surface area (Å²) in [4.78, 5) is 12.3. The van der Waals surface area contributed by atoms with Crippen molar-refractivity contribution in [1.29, 1.82) is 5.26 Å². The van der Waals surface area contributed by atoms with Crippen LogP contribution in [0.4, 0.5) is 18.9 Å². The summed E-state index contributed by atoms with van der Waals surface area (Å²) in [6.45, 7) is 0. The Balaban J connectivity index is 2.27. The highest BCUT2D eigenvalue weighted by Crippen LogP contribution is 2.38. The number of hydrogen-bond donors (Lipinski definition) is 1. The van der Waals surface area contributed by atoms with Gasteiger partial charge in [0.2, 0.25) is 0 Å². The Bertz CT molecular complexity index is 1110. The SMILES string of the molecule is COC(=O)c1c(N)c(C#N)cn1-c1ccccc1-c1ccccc1OC(F)(F)F. The van der Waals surface area contributed by atoms with Gasteiger partial charge in [0.25, 0.3) is 0 Å². The average molecular weight is 401 g/mol. The number of anilines is 1. The monoisotopic (exact) mass is 401 g/mol. The van der Waals surface area contributed by atoms with E-state index in [2.05, 4.69) is 4.74 Å². The number of nitrogen functional groups attached to an aromatic ring is 1. The van der Waals surface area contributed by atoms with Crippen molar-refractivity contribution >= 4 is 11.7 Å². The van der Waals surface area contributed by atoms with E-state index in [1.807, 2.05) is 6.07 Å². The minimum atomic E-state index is -4.88. The molecule has 0 bridgehead atoms. The Kier molecular flexibility index (Phi) is 5.19. The second kappa shape index (κ2) is 7.59. The molecule has 0 saturated carbocycles. The van der Waals surface area contributed by atoms with Crippen LogP contribution in [0.5, 0.6) is 5.75 Å². The van der Waals surface area contributed by atoms with E-state index in [0.29, 0.717) is 11.3 Å². The zero-order valence-electron chi connectivity index (χ0n) is 15.0. The van der Waals surface area contributed by atoms with Crippen LogP contribution in [0.3, 0.4) is 0 Å². The number of halogens is 3. The summed E-state index contributed by atoms with van der Waals surface area (Å²) in [6, 6.07) is 13.9. The van der Waals surface area contributed by atoms with Crippen LogP contribution in [0, 0.1) is 11.3 Å². The summed E-state index contributed by atoms with van der Waals surface area (Å²) in [7, 11) is 1.16. The highest BCUT2D eigenvalue weighted by Gasteiger charge is 2.32. The van der Waals surface area contributed by atoms with Gasteiger partial charge in [-0.1, -0.05) is 36.4 Å². The van der Waals surface area contributed by atoms with Crippen molar-refractivity contribution < 1.29 is 27.4 Å². The number of rotatable bonds is 4. The third-order valence-electron chi connectivity index (χ3n) is 4.11. The van der Waals surface area contributed by atoms with Crippen molar-refractivity contribution in [1.82, 2.24) is 4.57 Å². The predicted octanol–water partition coefficient (Wildman–Crippen LogP) is 4.28. The van der Waals surface area contributed by atoms with Crippen LogP contribution < -0.4 is 10.5 Å². The molecule has 29 heavy (non-hydrogen) atoms. The molecule has 148 valence electrons. The molecular formula is C20H14F3N3O3. The first-order valence-electron chi connectivity index (χ1n) is 8.20. The van der Waals surface area contributed by atoms with Crippen LogP contribution >= 0.6 is 0 Å². The summed E-state index contributed by atoms with van der Waals surface area (Å²) >= 11 is 0. The number of benzene rings is 2. The fraction of sp³-hybridized carbons (Fsp3) is 0.100. The number of methoxy groups -OCH3 is 1. The molecule has 2 aromatic carbocycles. The standard InChI is InChI=1S/C20H14F3N3O3/c1-28-19(27)18-17(25)12(10-24)11-26(18)15-8-4-2-6-13(15)14-7-3-5-9-16(14)29-20(21,22)23/h2-9,11H,25H2,1H3. The van der Waals surface area contributed by atoms with Crippen LogP contribution in [-0.2, 0) is 4.74 Å². The Hall–Kier alpha value is -3.93. The number of nitriles is 1. The van der Waals surface area contributed by atoms with Crippen LogP contribution in [0.1, 0.15) is 16.1 Å². The van der Waals surface area contributed by atoms with Gasteiger partial charge in [-0.3, -0.25) is 0 Å². The van der Waals surface area contributed by atoms with Crippen LogP contribution in [0.25, 0.3) is 16.8 Å². The van der Waals surface area contributed by atoms with Gasteiger partial charge < -0.3 is 19.8 Å². The third kappa shape index (κ3) is 3.87. The zero-order valence-corrected chi connectivity index (χ0v) is 15.0. The second-order valence-corrected chi connectivity index (χ2v) is 5.84. The lowest BCUT2D eigenvalue weighted by Gasteiger charge is -2.17. The van der Waals surface area contributed by atoms with Crippen LogP contribution in [-0.4, -0.2) is 24.0 Å². The van der Waals surface area contributed by atoms with Gasteiger partial charge in [0.15, 0.2) is 5.69 Å². The quantitative estimate of drug-likeness (QED) is 0.659. The molecule has 6 nitrogen and oxygen atoms in total. The number of aromatic nitrogens is 1. The minimum Gasteiger partial charge on any atom is -0.464 e. The number of para-hydroxylation sites is 2. The van der Waals surface area contributed by atoms with E-state index in [-0.39, 0.29) is 22.5 Å². The van der Waals surface area contributed by atoms with E-state index in [9.17, 15) is 23.2 Å². The van der Waals surface area contributed by atoms with Crippen LogP contribution in [0.15, 0.2) is 54.7 Å². The number of alkyl halides is 3. The van der Waals surface area contributed by atoms with Gasteiger partial charge in [0.1, 0.15) is 11.8 Å². The van der Waals surface area contributed by atoms with Crippen molar-refractivity contribution in [3.8, 4) is 28.6 Å². The Morgan fingerprint density at radius 3 is 2.34 bits per heavy atom. The number of carbonyl (C=O) groups is 1. The molecule has 0 spiro atoms. The molecule has 0 radical (unpaired) electrons. The lowest BCUT2D eigenvalue weighted by atomic mass is 10.0. The van der Waals surface area contributed by atoms with E-state index < -0.39 is 18.1 Å². The number of ether oxygens (including phenoxy) is 2. The van der Waals surface area contributed by atoms with E-state index in [4.69, 9.17) is 10.5 Å². The molecule has 0 aliphatic heterocycles. The second-order valence-electron chi connectivity index (χ2n) is 5.84. The summed E-state index contributed by atoms with van der Waals surface area (Å²) in [5.74, 6) is -1.20. The molecule has 3 rings (SSSR count). The highest BCUT2D eigenvalue weighted by atomic mass is 19.4. The Morgan fingerprint density at radius 1 is 1.10 bits per heavy atom. The number of carbonyl (C=O) groups excluding carboxylic acids is 1. The number of nitrogens with zero attached hydrogens (tertiary/aromatic N) is 2. The van der Waals surface area contributed by atoms with E-state index >= 15 is 0 Å². The first kappa shape index (κ1) is 19.8. The van der Waals surface area contributed by atoms with E-state index in [0.717, 1.165) is 7.11 Å². The summed E-state index contributed by atoms with van der Waals surface area (Å²) in [5.41, 5.74) is 6.54. The first-order valence-corrected chi connectivity index (χ1v) is 8.20. The van der Waals surface area contributed by atoms with Crippen molar-refractivity contribution in [2.45, 2.75) is 6.36 Å². The van der Waals surface area contributed by atoms with Gasteiger partial charge in [0, 0.05) is 17.3 Å². The molecule has 2 N–H and O–H groups in total. The fourth-order valence-corrected chi connectivity index (χ4v) is 2.92. The summed E-state index contributed by atoms with van der Waals surface area (Å²) < 4.78 is 48.7. The molecule has 0 aliphatic rings. The molecule has 0 atom stereocenters. The number of nitrogens with two attached hydrogens (primary N) is 1. The highest BCUT2D eigenvalue weighted by molar-refractivity contribution is 5.96. The van der Waals surface area contributed by atoms with E-state index in [1.165, 1.54) is 29.0 Å². The zero-order chi connectivity index (χ0) is 21.2. The fourth-order valence-electron chi connectivity index (χ4n) is 2.92. The summed E-state index contributed by atoms with van der Waals surface area (Å²) in [5, 5.41) is 9.28. The van der Waals surface area contributed by atoms with Crippen molar-refractivity contribution in [2.75, 3.05) is 12.8 Å². The molecule has 0 unspecified atom stereocenters. The summed E-state index contributed by atoms with van der Waals surface area (Å²) in [6.07, 6.45) is -3.55.